The van der Waals surface area contributed by atoms with Crippen LogP contribution in [-0.4, -0.2) is 46.8 Å². The maximum absolute atomic E-state index is 11.2. The van der Waals surface area contributed by atoms with E-state index in [1.165, 1.54) is 37.6 Å². The maximum atomic E-state index is 11.2. The lowest BCUT2D eigenvalue weighted by Gasteiger charge is -2.34. The second-order valence-corrected chi connectivity index (χ2v) is 7.89. The third kappa shape index (κ3) is 8.00. The van der Waals surface area contributed by atoms with Gasteiger partial charge in [-0.1, -0.05) is 42.5 Å². The number of ether oxygens (including phenoxy) is 1. The molecule has 2 atom stereocenters. The molecule has 0 saturated carbocycles. The first-order valence-corrected chi connectivity index (χ1v) is 11.4. The van der Waals surface area contributed by atoms with Crippen molar-refractivity contribution in [1.82, 2.24) is 5.06 Å². The Labute approximate surface area is 188 Å². The van der Waals surface area contributed by atoms with Gasteiger partial charge in [0.1, 0.15) is 11.9 Å². The molecule has 1 amide bonds. The van der Waals surface area contributed by atoms with E-state index in [0.29, 0.717) is 0 Å². The summed E-state index contributed by atoms with van der Waals surface area (Å²) in [4.78, 5) is 11.2. The number of nitrogens with zero attached hydrogens (tertiary/aromatic N) is 2. The highest BCUT2D eigenvalue weighted by atomic mass is 16.5. The van der Waals surface area contributed by atoms with Crippen molar-refractivity contribution in [2.45, 2.75) is 60.6 Å². The highest BCUT2D eigenvalue weighted by Crippen LogP contribution is 2.25. The lowest BCUT2D eigenvalue weighted by atomic mass is 10.1. The predicted molar refractivity (Wildman–Crippen MR) is 127 cm³/mol. The molecule has 5 heteroatoms. The zero-order valence-corrected chi connectivity index (χ0v) is 20.3. The molecule has 0 aliphatic carbocycles. The Kier molecular flexibility index (Phi) is 11.3. The fourth-order valence-corrected chi connectivity index (χ4v) is 3.58. The van der Waals surface area contributed by atoms with Gasteiger partial charge >= 0.3 is 0 Å². The lowest BCUT2D eigenvalue weighted by molar-refractivity contribution is -0.921. The molecule has 0 aliphatic heterocycles. The van der Waals surface area contributed by atoms with Crippen LogP contribution < -0.4 is 4.74 Å². The van der Waals surface area contributed by atoms with Gasteiger partial charge in [0.2, 0.25) is 5.91 Å². The van der Waals surface area contributed by atoms with Crippen molar-refractivity contribution in [3.05, 3.63) is 65.7 Å². The molecule has 0 heterocycles. The Morgan fingerprint density at radius 3 is 1.74 bits per heavy atom. The van der Waals surface area contributed by atoms with Gasteiger partial charge in [0.05, 0.1) is 32.2 Å². The van der Waals surface area contributed by atoms with E-state index < -0.39 is 6.04 Å². The molecule has 1 N–H and O–H groups in total. The van der Waals surface area contributed by atoms with E-state index in [2.05, 4.69) is 27.7 Å². The zero-order valence-electron chi connectivity index (χ0n) is 20.3. The molecule has 0 saturated heterocycles. The molecule has 2 aromatic carbocycles. The number of benzene rings is 2. The number of hydrogen-bond donors (Lipinski definition) is 1. The van der Waals surface area contributed by atoms with Crippen molar-refractivity contribution < 1.29 is 19.2 Å². The summed E-state index contributed by atoms with van der Waals surface area (Å²) in [6.45, 7) is 19.3. The molecule has 31 heavy (non-hydrogen) atoms. The summed E-state index contributed by atoms with van der Waals surface area (Å²) in [5.41, 5.74) is 1.95. The van der Waals surface area contributed by atoms with E-state index in [1.807, 2.05) is 61.5 Å². The predicted octanol–water partition coefficient (Wildman–Crippen LogP) is 6.01. The van der Waals surface area contributed by atoms with E-state index in [0.717, 1.165) is 21.9 Å². The number of quaternary nitrogens is 1. The van der Waals surface area contributed by atoms with E-state index in [9.17, 15) is 10.0 Å². The zero-order chi connectivity index (χ0) is 23.4. The molecule has 5 nitrogen and oxygen atoms in total. The van der Waals surface area contributed by atoms with Gasteiger partial charge in [-0.3, -0.25) is 10.0 Å². The molecule has 0 spiro atoms. The van der Waals surface area contributed by atoms with Gasteiger partial charge in [-0.25, -0.2) is 5.06 Å². The van der Waals surface area contributed by atoms with Gasteiger partial charge in [-0.2, -0.15) is 0 Å². The average molecular weight is 430 g/mol. The maximum Gasteiger partial charge on any atom is 0.243 e. The quantitative estimate of drug-likeness (QED) is 0.302. The Morgan fingerprint density at radius 2 is 1.35 bits per heavy atom. The Bertz CT molecular complexity index is 740. The fraction of sp³-hybridized carbons (Fsp3) is 0.500. The summed E-state index contributed by atoms with van der Waals surface area (Å²) >= 11 is 0. The van der Waals surface area contributed by atoms with Gasteiger partial charge in [-0.15, -0.1) is 0 Å². The van der Waals surface area contributed by atoms with Crippen molar-refractivity contribution in [2.75, 3.05) is 26.2 Å². The topological polar surface area (TPSA) is 49.8 Å². The van der Waals surface area contributed by atoms with Gasteiger partial charge in [-0.05, 0) is 64.8 Å². The number of carbonyl (C=O) groups is 1. The summed E-state index contributed by atoms with van der Waals surface area (Å²) in [5, 5.41) is 10.4. The average Bonchev–Trinajstić information content (AvgIpc) is 2.81. The normalized spacial score (nSPS) is 12.9. The fourth-order valence-electron chi connectivity index (χ4n) is 3.58. The van der Waals surface area contributed by atoms with Crippen LogP contribution in [0.3, 0.4) is 0 Å². The van der Waals surface area contributed by atoms with Crippen LogP contribution in [0.5, 0.6) is 5.75 Å². The largest absolute Gasteiger partial charge is 0.486 e. The third-order valence-corrected chi connectivity index (χ3v) is 6.32. The SMILES string of the molecule is CC(=O)N(O)C(C)c1ccc(OC(C)c2ccccc2)cc1.CC[N+](CC)(CC)CC. The number of carbonyl (C=O) groups excluding carboxylic acids is 1. The van der Waals surface area contributed by atoms with Gasteiger partial charge in [0, 0.05) is 6.92 Å². The minimum atomic E-state index is -0.391. The molecule has 2 rings (SSSR count). The van der Waals surface area contributed by atoms with Crippen LogP contribution >= 0.6 is 0 Å². The summed E-state index contributed by atoms with van der Waals surface area (Å²) in [6.07, 6.45) is -0.0453. The number of amides is 1. The van der Waals surface area contributed by atoms with Crippen LogP contribution in [0.2, 0.25) is 0 Å². The highest BCUT2D eigenvalue weighted by molar-refractivity contribution is 5.72. The Balaban J connectivity index is 0.000000452. The van der Waals surface area contributed by atoms with Crippen molar-refractivity contribution in [3.63, 3.8) is 0 Å². The lowest BCUT2D eigenvalue weighted by Crippen LogP contribution is -2.47. The van der Waals surface area contributed by atoms with Crippen LogP contribution in [-0.2, 0) is 4.79 Å². The van der Waals surface area contributed by atoms with Gasteiger partial charge in [0.25, 0.3) is 0 Å². The Morgan fingerprint density at radius 1 is 0.871 bits per heavy atom. The summed E-state index contributed by atoms with van der Waals surface area (Å²) in [6, 6.07) is 17.0. The van der Waals surface area contributed by atoms with E-state index >= 15 is 0 Å². The van der Waals surface area contributed by atoms with Crippen molar-refractivity contribution in [3.8, 4) is 5.75 Å². The second kappa shape index (κ2) is 13.1. The minimum Gasteiger partial charge on any atom is -0.486 e. The first-order chi connectivity index (χ1) is 14.7. The minimum absolute atomic E-state index is 0.0453. The smallest absolute Gasteiger partial charge is 0.243 e. The number of hydrogen-bond acceptors (Lipinski definition) is 3. The van der Waals surface area contributed by atoms with Crippen LogP contribution in [0.25, 0.3) is 0 Å². The van der Waals surface area contributed by atoms with Crippen molar-refractivity contribution >= 4 is 5.91 Å². The van der Waals surface area contributed by atoms with Crippen molar-refractivity contribution in [1.29, 1.82) is 0 Å². The summed E-state index contributed by atoms with van der Waals surface area (Å²) in [5.74, 6) is 0.366. The molecule has 0 aromatic heterocycles. The molecule has 0 fully saturated rings. The number of hydroxylamine groups is 2. The summed E-state index contributed by atoms with van der Waals surface area (Å²) in [7, 11) is 0. The monoisotopic (exact) mass is 429 g/mol. The number of rotatable bonds is 9. The van der Waals surface area contributed by atoms with Gasteiger partial charge < -0.3 is 9.22 Å². The standard InChI is InChI=1S/C18H21NO3.C8H20N/c1-13(19(21)15(3)20)16-9-11-18(12-10-16)22-14(2)17-7-5-4-6-8-17;1-5-9(6-2,7-3)8-4/h4-14,21H,1-3H3;5-8H2,1-4H3/q;+1. The van der Waals surface area contributed by atoms with Crippen molar-refractivity contribution in [2.24, 2.45) is 0 Å². The van der Waals surface area contributed by atoms with Gasteiger partial charge in [0.15, 0.2) is 0 Å². The molecule has 0 radical (unpaired) electrons. The molecule has 172 valence electrons. The Hall–Kier alpha value is -2.37. The van der Waals surface area contributed by atoms with E-state index in [4.69, 9.17) is 4.74 Å². The van der Waals surface area contributed by atoms with E-state index in [1.54, 1.807) is 6.92 Å². The highest BCUT2D eigenvalue weighted by Gasteiger charge is 2.17. The molecular weight excluding hydrogens is 388 g/mol. The molecule has 2 unspecified atom stereocenters. The molecular formula is C26H41N2O3+. The first kappa shape index (κ1) is 26.7. The van der Waals surface area contributed by atoms with Crippen LogP contribution in [0.1, 0.15) is 71.7 Å². The summed E-state index contributed by atoms with van der Waals surface area (Å²) < 4.78 is 7.18. The van der Waals surface area contributed by atoms with E-state index in [-0.39, 0.29) is 12.0 Å². The first-order valence-electron chi connectivity index (χ1n) is 11.4. The van der Waals surface area contributed by atoms with Crippen LogP contribution in [0, 0.1) is 0 Å². The molecule has 2 aromatic rings. The molecule has 0 bridgehead atoms. The molecule has 0 aliphatic rings. The second-order valence-electron chi connectivity index (χ2n) is 7.89. The van der Waals surface area contributed by atoms with Crippen LogP contribution in [0.4, 0.5) is 0 Å². The third-order valence-electron chi connectivity index (χ3n) is 6.32. The van der Waals surface area contributed by atoms with Crippen LogP contribution in [0.15, 0.2) is 54.6 Å².